The van der Waals surface area contributed by atoms with Crippen LogP contribution in [0.1, 0.15) is 48.7 Å². The quantitative estimate of drug-likeness (QED) is 0.492. The summed E-state index contributed by atoms with van der Waals surface area (Å²) in [6, 6.07) is 3.43. The molecule has 33 heavy (non-hydrogen) atoms. The van der Waals surface area contributed by atoms with Crippen molar-refractivity contribution >= 4 is 34.0 Å². The van der Waals surface area contributed by atoms with Crippen molar-refractivity contribution in [3.63, 3.8) is 0 Å². The predicted octanol–water partition coefficient (Wildman–Crippen LogP) is 4.29. The summed E-state index contributed by atoms with van der Waals surface area (Å²) in [6.07, 6.45) is 5.80. The van der Waals surface area contributed by atoms with Crippen molar-refractivity contribution in [2.45, 2.75) is 51.2 Å². The Labute approximate surface area is 200 Å². The van der Waals surface area contributed by atoms with Crippen LogP contribution in [0, 0.1) is 6.92 Å². The molecule has 3 aromatic rings. The van der Waals surface area contributed by atoms with E-state index in [4.69, 9.17) is 21.1 Å². The van der Waals surface area contributed by atoms with Crippen LogP contribution in [0.25, 0.3) is 11.1 Å². The topological polar surface area (TPSA) is 119 Å². The average Bonchev–Trinajstić information content (AvgIpc) is 3.21. The zero-order valence-corrected chi connectivity index (χ0v) is 20.0. The molecule has 1 aliphatic carbocycles. The van der Waals surface area contributed by atoms with E-state index >= 15 is 0 Å². The van der Waals surface area contributed by atoms with Crippen LogP contribution in [0.15, 0.2) is 24.5 Å². The van der Waals surface area contributed by atoms with Gasteiger partial charge in [0.15, 0.2) is 0 Å². The molecule has 1 fully saturated rings. The van der Waals surface area contributed by atoms with E-state index in [1.807, 2.05) is 13.8 Å². The van der Waals surface area contributed by atoms with Gasteiger partial charge < -0.3 is 14.6 Å². The lowest BCUT2D eigenvalue weighted by Gasteiger charge is -2.32. The fraction of sp³-hybridized carbons (Fsp3) is 0.409. The van der Waals surface area contributed by atoms with Crippen molar-refractivity contribution < 1.29 is 19.4 Å². The number of aromatic nitrogens is 4. The molecule has 0 aliphatic heterocycles. The van der Waals surface area contributed by atoms with Gasteiger partial charge in [0.1, 0.15) is 17.0 Å². The minimum atomic E-state index is -0.637. The summed E-state index contributed by atoms with van der Waals surface area (Å²) in [5.74, 6) is 0.0843. The Hall–Kier alpha value is -2.82. The van der Waals surface area contributed by atoms with Gasteiger partial charge in [0.25, 0.3) is 11.1 Å². The zero-order valence-electron chi connectivity index (χ0n) is 18.5. The first kappa shape index (κ1) is 23.3. The van der Waals surface area contributed by atoms with E-state index in [0.29, 0.717) is 45.6 Å². The fourth-order valence-electron chi connectivity index (χ4n) is 3.70. The summed E-state index contributed by atoms with van der Waals surface area (Å²) in [7, 11) is 1.53. The number of ether oxygens (including phenoxy) is 2. The molecular formula is C22H24ClN5O4S. The van der Waals surface area contributed by atoms with E-state index in [2.05, 4.69) is 25.5 Å². The largest absolute Gasteiger partial charge is 0.494 e. The first-order valence-electron chi connectivity index (χ1n) is 10.4. The number of aryl methyl sites for hydroxylation is 1. The molecule has 3 aromatic heterocycles. The Balaban J connectivity index is 1.52. The maximum atomic E-state index is 13.1. The van der Waals surface area contributed by atoms with Crippen molar-refractivity contribution in [2.24, 2.45) is 0 Å². The number of rotatable bonds is 6. The molecule has 9 nitrogen and oxygen atoms in total. The van der Waals surface area contributed by atoms with Crippen LogP contribution in [0.5, 0.6) is 10.9 Å². The van der Waals surface area contributed by atoms with E-state index in [-0.39, 0.29) is 11.3 Å². The third kappa shape index (κ3) is 5.58. The second-order valence-electron chi connectivity index (χ2n) is 8.22. The van der Waals surface area contributed by atoms with Crippen LogP contribution in [0.4, 0.5) is 5.13 Å². The van der Waals surface area contributed by atoms with Crippen molar-refractivity contribution in [3.05, 3.63) is 40.9 Å². The summed E-state index contributed by atoms with van der Waals surface area (Å²) < 4.78 is 11.3. The molecule has 0 aromatic carbocycles. The van der Waals surface area contributed by atoms with Crippen LogP contribution < -0.4 is 14.8 Å². The lowest BCUT2D eigenvalue weighted by molar-refractivity contribution is -0.0110. The van der Waals surface area contributed by atoms with Crippen LogP contribution in [0.2, 0.25) is 5.15 Å². The Morgan fingerprint density at radius 1 is 1.21 bits per heavy atom. The zero-order chi connectivity index (χ0) is 23.6. The molecule has 0 spiro atoms. The minimum Gasteiger partial charge on any atom is -0.494 e. The molecule has 11 heteroatoms. The van der Waals surface area contributed by atoms with Gasteiger partial charge in [-0.15, -0.1) is 5.10 Å². The number of carbonyl (C=O) groups is 1. The highest BCUT2D eigenvalue weighted by Crippen LogP contribution is 2.35. The number of pyridine rings is 2. The molecule has 0 saturated heterocycles. The van der Waals surface area contributed by atoms with Gasteiger partial charge in [0.05, 0.1) is 24.5 Å². The highest BCUT2D eigenvalue weighted by atomic mass is 35.5. The molecule has 3 heterocycles. The summed E-state index contributed by atoms with van der Waals surface area (Å²) >= 11 is 7.25. The second kappa shape index (κ2) is 9.58. The molecule has 4 rings (SSSR count). The van der Waals surface area contributed by atoms with E-state index in [1.54, 1.807) is 12.1 Å². The smallest absolute Gasteiger partial charge is 0.296 e. The molecule has 1 aliphatic rings. The van der Waals surface area contributed by atoms with Crippen molar-refractivity contribution in [1.29, 1.82) is 0 Å². The third-order valence-corrected chi connectivity index (χ3v) is 6.47. The van der Waals surface area contributed by atoms with Gasteiger partial charge in [-0.3, -0.25) is 15.1 Å². The number of aliphatic hydroxyl groups is 1. The molecule has 0 bridgehead atoms. The summed E-state index contributed by atoms with van der Waals surface area (Å²) in [6.45, 7) is 3.67. The number of halogens is 1. The maximum Gasteiger partial charge on any atom is 0.296 e. The molecule has 0 unspecified atom stereocenters. The van der Waals surface area contributed by atoms with E-state index in [1.165, 1.54) is 19.5 Å². The molecule has 1 saturated carbocycles. The lowest BCUT2D eigenvalue weighted by Crippen LogP contribution is -2.34. The molecule has 0 radical (unpaired) electrons. The maximum absolute atomic E-state index is 13.1. The standard InChI is InChI=1S/C22H24ClN5O4S/c1-12-8-14(15-9-18(23)25-11-17(15)31-3)16(10-24-12)19(29)26-20-27-28-21(33-20)32-13-4-6-22(2,30)7-5-13/h8-11,13,30H,4-7H2,1-3H3,(H,26,27,29). The summed E-state index contributed by atoms with van der Waals surface area (Å²) in [5.41, 5.74) is 1.66. The highest BCUT2D eigenvalue weighted by molar-refractivity contribution is 7.17. The van der Waals surface area contributed by atoms with Crippen LogP contribution >= 0.6 is 22.9 Å². The molecule has 0 atom stereocenters. The van der Waals surface area contributed by atoms with Crippen molar-refractivity contribution in [2.75, 3.05) is 12.4 Å². The average molecular weight is 490 g/mol. The number of nitrogens with zero attached hydrogens (tertiary/aromatic N) is 4. The SMILES string of the molecule is COc1cnc(Cl)cc1-c1cc(C)ncc1C(=O)Nc1nnc(OC2CCC(C)(O)CC2)s1. The van der Waals surface area contributed by atoms with Gasteiger partial charge in [-0.25, -0.2) is 4.98 Å². The highest BCUT2D eigenvalue weighted by Gasteiger charge is 2.30. The number of nitrogens with one attached hydrogen (secondary N) is 1. The Morgan fingerprint density at radius 3 is 2.70 bits per heavy atom. The van der Waals surface area contributed by atoms with Crippen molar-refractivity contribution in [1.82, 2.24) is 20.2 Å². The molecular weight excluding hydrogens is 466 g/mol. The summed E-state index contributed by atoms with van der Waals surface area (Å²) in [5, 5.41) is 21.9. The minimum absolute atomic E-state index is 0.0291. The van der Waals surface area contributed by atoms with E-state index in [9.17, 15) is 9.90 Å². The fourth-order valence-corrected chi connectivity index (χ4v) is 4.51. The van der Waals surface area contributed by atoms with E-state index < -0.39 is 11.5 Å². The van der Waals surface area contributed by atoms with Gasteiger partial charge in [0.2, 0.25) is 5.13 Å². The lowest BCUT2D eigenvalue weighted by atomic mass is 9.85. The van der Waals surface area contributed by atoms with Gasteiger partial charge >= 0.3 is 0 Å². The Morgan fingerprint density at radius 2 is 1.97 bits per heavy atom. The number of hydrogen-bond acceptors (Lipinski definition) is 9. The van der Waals surface area contributed by atoms with Gasteiger partial charge in [0, 0.05) is 23.0 Å². The number of hydrogen-bond donors (Lipinski definition) is 2. The number of amides is 1. The van der Waals surface area contributed by atoms with E-state index in [0.717, 1.165) is 29.9 Å². The monoisotopic (exact) mass is 489 g/mol. The predicted molar refractivity (Wildman–Crippen MR) is 125 cm³/mol. The normalized spacial score (nSPS) is 20.3. The van der Waals surface area contributed by atoms with Gasteiger partial charge in [-0.05, 0) is 63.0 Å². The molecule has 2 N–H and O–H groups in total. The number of carbonyl (C=O) groups excluding carboxylic acids is 1. The van der Waals surface area contributed by atoms with Crippen LogP contribution in [-0.4, -0.2) is 50.0 Å². The van der Waals surface area contributed by atoms with Crippen LogP contribution in [-0.2, 0) is 0 Å². The molecule has 1 amide bonds. The first-order chi connectivity index (χ1) is 15.7. The van der Waals surface area contributed by atoms with Gasteiger partial charge in [-0.2, -0.15) is 0 Å². The number of methoxy groups -OCH3 is 1. The summed E-state index contributed by atoms with van der Waals surface area (Å²) in [4.78, 5) is 21.4. The second-order valence-corrected chi connectivity index (χ2v) is 9.55. The third-order valence-electron chi connectivity index (χ3n) is 5.53. The van der Waals surface area contributed by atoms with Crippen molar-refractivity contribution in [3.8, 4) is 22.1 Å². The number of anilines is 1. The first-order valence-corrected chi connectivity index (χ1v) is 11.6. The Kier molecular flexibility index (Phi) is 6.78. The Bertz CT molecular complexity index is 1160. The van der Waals surface area contributed by atoms with Gasteiger partial charge in [-0.1, -0.05) is 16.7 Å². The molecule has 174 valence electrons. The van der Waals surface area contributed by atoms with Crippen LogP contribution in [0.3, 0.4) is 0 Å².